The Kier molecular flexibility index (Phi) is 6.06. The van der Waals surface area contributed by atoms with E-state index in [1.807, 2.05) is 0 Å². The lowest BCUT2D eigenvalue weighted by Gasteiger charge is -2.35. The number of nitrogens with one attached hydrogen (secondary N) is 1. The summed E-state index contributed by atoms with van der Waals surface area (Å²) in [5.74, 6) is -0.953. The van der Waals surface area contributed by atoms with E-state index in [2.05, 4.69) is 5.32 Å². The number of methoxy groups -OCH3 is 1. The number of hydrogen-bond donors (Lipinski definition) is 2. The van der Waals surface area contributed by atoms with Crippen LogP contribution in [0.25, 0.3) is 0 Å². The van der Waals surface area contributed by atoms with Gasteiger partial charge >= 0.3 is 18.0 Å². The molecule has 1 aliphatic heterocycles. The molecule has 2 aromatic rings. The van der Waals surface area contributed by atoms with Gasteiger partial charge in [0, 0.05) is 5.70 Å². The quantitative estimate of drug-likeness (QED) is 0.706. The minimum Gasteiger partial charge on any atom is -0.497 e. The second-order valence-corrected chi connectivity index (χ2v) is 6.56. The number of benzene rings is 2. The van der Waals surface area contributed by atoms with Gasteiger partial charge < -0.3 is 19.9 Å². The van der Waals surface area contributed by atoms with Crippen molar-refractivity contribution in [3.8, 4) is 5.75 Å². The molecule has 8 heteroatoms. The number of urea groups is 1. The number of allylic oxidation sites excluding steroid dienone is 1. The number of amides is 2. The van der Waals surface area contributed by atoms with E-state index in [1.54, 1.807) is 45.2 Å². The van der Waals surface area contributed by atoms with Gasteiger partial charge in [-0.2, -0.15) is 0 Å². The lowest BCUT2D eigenvalue weighted by Crippen LogP contribution is -2.48. The van der Waals surface area contributed by atoms with Crippen molar-refractivity contribution >= 4 is 23.7 Å². The molecule has 156 valence electrons. The standard InChI is InChI=1S/C22H22N2O6/c1-4-30-21(27)18-13(2)24(16-9-5-15(6-10-16)20(25)26)22(28)23-19(18)14-7-11-17(29-3)12-8-14/h5-12,19H,4H2,1-3H3,(H,23,28)(H,25,26). The number of esters is 1. The van der Waals surface area contributed by atoms with Gasteiger partial charge in [0.15, 0.2) is 0 Å². The van der Waals surface area contributed by atoms with E-state index in [0.717, 1.165) is 0 Å². The fourth-order valence-corrected chi connectivity index (χ4v) is 3.33. The van der Waals surface area contributed by atoms with Crippen molar-refractivity contribution < 1.29 is 29.0 Å². The molecule has 2 amide bonds. The van der Waals surface area contributed by atoms with Crippen LogP contribution in [0.2, 0.25) is 0 Å². The maximum Gasteiger partial charge on any atom is 0.338 e. The summed E-state index contributed by atoms with van der Waals surface area (Å²) in [5.41, 5.74) is 1.93. The highest BCUT2D eigenvalue weighted by atomic mass is 16.5. The van der Waals surface area contributed by atoms with Gasteiger partial charge in [-0.25, -0.2) is 14.4 Å². The van der Waals surface area contributed by atoms with Gasteiger partial charge in [-0.3, -0.25) is 4.90 Å². The normalized spacial score (nSPS) is 16.2. The molecule has 0 saturated heterocycles. The number of ether oxygens (including phenoxy) is 2. The lowest BCUT2D eigenvalue weighted by atomic mass is 9.94. The van der Waals surface area contributed by atoms with Crippen molar-refractivity contribution in [2.45, 2.75) is 19.9 Å². The molecule has 0 bridgehead atoms. The summed E-state index contributed by atoms with van der Waals surface area (Å²) in [7, 11) is 1.55. The number of carbonyl (C=O) groups excluding carboxylic acids is 2. The van der Waals surface area contributed by atoms with Gasteiger partial charge in [0.05, 0.1) is 36.6 Å². The van der Waals surface area contributed by atoms with E-state index in [1.165, 1.54) is 29.2 Å². The van der Waals surface area contributed by atoms with Crippen molar-refractivity contribution in [2.24, 2.45) is 0 Å². The van der Waals surface area contributed by atoms with Crippen LogP contribution in [0, 0.1) is 0 Å². The Balaban J connectivity index is 2.07. The molecule has 1 heterocycles. The molecular formula is C22H22N2O6. The number of hydrogen-bond acceptors (Lipinski definition) is 5. The predicted molar refractivity (Wildman–Crippen MR) is 109 cm³/mol. The summed E-state index contributed by atoms with van der Waals surface area (Å²) in [6.45, 7) is 3.55. The molecule has 0 spiro atoms. The Morgan fingerprint density at radius 1 is 1.10 bits per heavy atom. The van der Waals surface area contributed by atoms with Gasteiger partial charge in [-0.1, -0.05) is 12.1 Å². The van der Waals surface area contributed by atoms with Gasteiger partial charge in [-0.15, -0.1) is 0 Å². The smallest absolute Gasteiger partial charge is 0.338 e. The van der Waals surface area contributed by atoms with Crippen LogP contribution in [-0.4, -0.2) is 36.8 Å². The summed E-state index contributed by atoms with van der Waals surface area (Å²) >= 11 is 0. The molecule has 3 rings (SSSR count). The first-order valence-corrected chi connectivity index (χ1v) is 9.33. The van der Waals surface area contributed by atoms with E-state index >= 15 is 0 Å². The van der Waals surface area contributed by atoms with E-state index < -0.39 is 24.0 Å². The number of carboxylic acid groups (broad SMARTS) is 1. The first-order valence-electron chi connectivity index (χ1n) is 9.33. The van der Waals surface area contributed by atoms with Crippen LogP contribution in [0.15, 0.2) is 59.8 Å². The Labute approximate surface area is 173 Å². The third kappa shape index (κ3) is 3.98. The highest BCUT2D eigenvalue weighted by Crippen LogP contribution is 2.34. The first-order chi connectivity index (χ1) is 14.4. The monoisotopic (exact) mass is 410 g/mol. The van der Waals surface area contributed by atoms with Crippen molar-refractivity contribution in [1.29, 1.82) is 0 Å². The van der Waals surface area contributed by atoms with Gasteiger partial charge in [-0.05, 0) is 55.8 Å². The fourth-order valence-electron chi connectivity index (χ4n) is 3.33. The van der Waals surface area contributed by atoms with Crippen molar-refractivity contribution in [3.63, 3.8) is 0 Å². The van der Waals surface area contributed by atoms with E-state index in [9.17, 15) is 14.4 Å². The van der Waals surface area contributed by atoms with Gasteiger partial charge in [0.1, 0.15) is 5.75 Å². The Morgan fingerprint density at radius 3 is 2.27 bits per heavy atom. The molecule has 2 aromatic carbocycles. The highest BCUT2D eigenvalue weighted by molar-refractivity contribution is 6.03. The molecule has 1 unspecified atom stereocenters. The second kappa shape index (κ2) is 8.69. The van der Waals surface area contributed by atoms with Crippen LogP contribution in [0.1, 0.15) is 35.8 Å². The van der Waals surface area contributed by atoms with E-state index in [-0.39, 0.29) is 12.2 Å². The van der Waals surface area contributed by atoms with Crippen molar-refractivity contribution in [1.82, 2.24) is 5.32 Å². The molecule has 0 aromatic heterocycles. The molecule has 1 aliphatic rings. The SMILES string of the molecule is CCOC(=O)C1=C(C)N(c2ccc(C(=O)O)cc2)C(=O)NC1c1ccc(OC)cc1. The summed E-state index contributed by atoms with van der Waals surface area (Å²) in [5, 5.41) is 11.9. The van der Waals surface area contributed by atoms with Gasteiger partial charge in [0.25, 0.3) is 0 Å². The van der Waals surface area contributed by atoms with E-state index in [0.29, 0.717) is 28.3 Å². The number of nitrogens with zero attached hydrogens (tertiary/aromatic N) is 1. The number of rotatable bonds is 6. The summed E-state index contributed by atoms with van der Waals surface area (Å²) in [6.07, 6.45) is 0. The van der Waals surface area contributed by atoms with Crippen LogP contribution >= 0.6 is 0 Å². The zero-order chi connectivity index (χ0) is 21.8. The highest BCUT2D eigenvalue weighted by Gasteiger charge is 2.37. The molecule has 0 aliphatic carbocycles. The lowest BCUT2D eigenvalue weighted by molar-refractivity contribution is -0.139. The molecule has 1 atom stereocenters. The van der Waals surface area contributed by atoms with Crippen molar-refractivity contribution in [3.05, 3.63) is 70.9 Å². The molecule has 30 heavy (non-hydrogen) atoms. The Hall–Kier alpha value is -3.81. The van der Waals surface area contributed by atoms with Crippen molar-refractivity contribution in [2.75, 3.05) is 18.6 Å². The van der Waals surface area contributed by atoms with Crippen LogP contribution in [0.4, 0.5) is 10.5 Å². The molecule has 2 N–H and O–H groups in total. The number of carboxylic acids is 1. The predicted octanol–water partition coefficient (Wildman–Crippen LogP) is 3.50. The number of carbonyl (C=O) groups is 3. The van der Waals surface area contributed by atoms with E-state index in [4.69, 9.17) is 14.6 Å². The maximum absolute atomic E-state index is 12.9. The largest absolute Gasteiger partial charge is 0.497 e. The Morgan fingerprint density at radius 2 is 1.73 bits per heavy atom. The number of aromatic carboxylic acids is 1. The van der Waals surface area contributed by atoms with Crippen LogP contribution < -0.4 is 15.0 Å². The molecule has 8 nitrogen and oxygen atoms in total. The molecule has 0 saturated carbocycles. The average molecular weight is 410 g/mol. The zero-order valence-corrected chi connectivity index (χ0v) is 16.8. The fraction of sp³-hybridized carbons (Fsp3) is 0.227. The van der Waals surface area contributed by atoms with Crippen LogP contribution in [-0.2, 0) is 9.53 Å². The van der Waals surface area contributed by atoms with Crippen LogP contribution in [0.5, 0.6) is 5.75 Å². The minimum atomic E-state index is -1.07. The number of anilines is 1. The van der Waals surface area contributed by atoms with Crippen LogP contribution in [0.3, 0.4) is 0 Å². The first kappa shape index (κ1) is 20.9. The summed E-state index contributed by atoms with van der Waals surface area (Å²) in [6, 6.07) is 11.7. The summed E-state index contributed by atoms with van der Waals surface area (Å²) in [4.78, 5) is 38.2. The second-order valence-electron chi connectivity index (χ2n) is 6.56. The molecule has 0 fully saturated rings. The molecule has 0 radical (unpaired) electrons. The topological polar surface area (TPSA) is 105 Å². The third-order valence-corrected chi connectivity index (χ3v) is 4.80. The third-order valence-electron chi connectivity index (χ3n) is 4.80. The summed E-state index contributed by atoms with van der Waals surface area (Å²) < 4.78 is 10.4. The molecular weight excluding hydrogens is 388 g/mol. The zero-order valence-electron chi connectivity index (χ0n) is 16.8. The minimum absolute atomic E-state index is 0.0968. The Bertz CT molecular complexity index is 995. The maximum atomic E-state index is 12.9. The average Bonchev–Trinajstić information content (AvgIpc) is 2.74. The van der Waals surface area contributed by atoms with Gasteiger partial charge in [0.2, 0.25) is 0 Å².